The van der Waals surface area contributed by atoms with Crippen molar-refractivity contribution in [3.8, 4) is 5.75 Å². The molecule has 3 unspecified atom stereocenters. The Balaban J connectivity index is 1.12. The van der Waals surface area contributed by atoms with E-state index < -0.39 is 11.6 Å². The van der Waals surface area contributed by atoms with E-state index >= 15 is 0 Å². The van der Waals surface area contributed by atoms with Gasteiger partial charge in [0, 0.05) is 5.56 Å². The quantitative estimate of drug-likeness (QED) is 0.198. The fraction of sp³-hybridized carbons (Fsp3) is 0.706. The lowest BCUT2D eigenvalue weighted by atomic mass is 9.72. The summed E-state index contributed by atoms with van der Waals surface area (Å²) in [4.78, 5) is 0. The summed E-state index contributed by atoms with van der Waals surface area (Å²) in [6.07, 6.45) is 25.7. The largest absolute Gasteiger partial charge is 0.491 e. The summed E-state index contributed by atoms with van der Waals surface area (Å²) in [5.74, 6) is 1.57. The highest BCUT2D eigenvalue weighted by molar-refractivity contribution is 5.67. The first-order valence-electron chi connectivity index (χ1n) is 15.6. The molecule has 0 bridgehead atoms. The molecule has 4 rings (SSSR count). The second kappa shape index (κ2) is 15.2. The minimum absolute atomic E-state index is 0.00311. The lowest BCUT2D eigenvalue weighted by Gasteiger charge is -2.38. The van der Waals surface area contributed by atoms with Crippen LogP contribution in [0.3, 0.4) is 0 Å². The average Bonchev–Trinajstić information content (AvgIpc) is 2.95. The third-order valence-corrected chi connectivity index (χ3v) is 9.54. The van der Waals surface area contributed by atoms with Crippen molar-refractivity contribution >= 4 is 5.57 Å². The third kappa shape index (κ3) is 8.16. The van der Waals surface area contributed by atoms with Crippen molar-refractivity contribution < 1.29 is 18.3 Å². The van der Waals surface area contributed by atoms with Gasteiger partial charge in [-0.05, 0) is 126 Å². The summed E-state index contributed by atoms with van der Waals surface area (Å²) in [6.45, 7) is 5.17. The third-order valence-electron chi connectivity index (χ3n) is 9.54. The summed E-state index contributed by atoms with van der Waals surface area (Å²) < 4.78 is 40.5. The van der Waals surface area contributed by atoms with E-state index in [0.717, 1.165) is 55.6 Å². The Labute approximate surface area is 230 Å². The predicted molar refractivity (Wildman–Crippen MR) is 153 cm³/mol. The monoisotopic (exact) mass is 528 g/mol. The zero-order valence-electron chi connectivity index (χ0n) is 23.9. The molecule has 0 spiro atoms. The SMILES string of the molecule is C/C=C/CCCCC1CCC(C2CCC(CCC3CC=C(c4ccc(OCC)c(F)c4F)CC3)OC2)CC1. The van der Waals surface area contributed by atoms with Crippen LogP contribution in [-0.2, 0) is 4.74 Å². The molecule has 2 nitrogen and oxygen atoms in total. The molecular formula is C34H50F2O2. The van der Waals surface area contributed by atoms with E-state index in [1.165, 1.54) is 70.6 Å². The van der Waals surface area contributed by atoms with Crippen molar-refractivity contribution in [1.29, 1.82) is 0 Å². The van der Waals surface area contributed by atoms with Crippen LogP contribution >= 0.6 is 0 Å². The Morgan fingerprint density at radius 2 is 1.71 bits per heavy atom. The molecule has 1 saturated carbocycles. The molecule has 4 heteroatoms. The number of allylic oxidation sites excluding steroid dienone is 4. The maximum absolute atomic E-state index is 14.6. The van der Waals surface area contributed by atoms with E-state index in [-0.39, 0.29) is 5.75 Å². The fourth-order valence-corrected chi connectivity index (χ4v) is 7.10. The Morgan fingerprint density at radius 1 is 0.895 bits per heavy atom. The van der Waals surface area contributed by atoms with Gasteiger partial charge in [-0.25, -0.2) is 4.39 Å². The summed E-state index contributed by atoms with van der Waals surface area (Å²) in [5, 5.41) is 0. The van der Waals surface area contributed by atoms with E-state index in [4.69, 9.17) is 9.47 Å². The van der Waals surface area contributed by atoms with E-state index in [0.29, 0.717) is 24.2 Å². The summed E-state index contributed by atoms with van der Waals surface area (Å²) in [7, 11) is 0. The molecule has 1 aromatic carbocycles. The second-order valence-electron chi connectivity index (χ2n) is 12.0. The normalized spacial score (nSPS) is 28.4. The first-order chi connectivity index (χ1) is 18.6. The van der Waals surface area contributed by atoms with Crippen molar-refractivity contribution in [3.05, 3.63) is 47.6 Å². The van der Waals surface area contributed by atoms with Gasteiger partial charge in [0.2, 0.25) is 5.82 Å². The van der Waals surface area contributed by atoms with Gasteiger partial charge >= 0.3 is 0 Å². The maximum atomic E-state index is 14.6. The molecule has 1 saturated heterocycles. The van der Waals surface area contributed by atoms with Crippen molar-refractivity contribution in [3.63, 3.8) is 0 Å². The van der Waals surface area contributed by atoms with Crippen LogP contribution in [-0.4, -0.2) is 19.3 Å². The van der Waals surface area contributed by atoms with E-state index in [9.17, 15) is 8.78 Å². The Bertz CT molecular complexity index is 907. The van der Waals surface area contributed by atoms with Crippen molar-refractivity contribution in [2.75, 3.05) is 13.2 Å². The van der Waals surface area contributed by atoms with Crippen LogP contribution in [0.1, 0.15) is 116 Å². The van der Waals surface area contributed by atoms with Gasteiger partial charge in [-0.1, -0.05) is 43.9 Å². The first-order valence-corrected chi connectivity index (χ1v) is 15.6. The van der Waals surface area contributed by atoms with Gasteiger partial charge < -0.3 is 9.47 Å². The molecule has 38 heavy (non-hydrogen) atoms. The molecule has 0 amide bonds. The van der Waals surface area contributed by atoms with Crippen LogP contribution in [0.2, 0.25) is 0 Å². The zero-order valence-corrected chi connectivity index (χ0v) is 23.9. The van der Waals surface area contributed by atoms with Crippen molar-refractivity contribution in [1.82, 2.24) is 0 Å². The maximum Gasteiger partial charge on any atom is 0.201 e. The average molecular weight is 529 g/mol. The molecule has 2 fully saturated rings. The lowest BCUT2D eigenvalue weighted by molar-refractivity contribution is -0.0443. The van der Waals surface area contributed by atoms with Crippen LogP contribution in [0.25, 0.3) is 5.57 Å². The van der Waals surface area contributed by atoms with Crippen LogP contribution in [0, 0.1) is 35.3 Å². The van der Waals surface area contributed by atoms with Crippen LogP contribution in [0.4, 0.5) is 8.78 Å². The predicted octanol–water partition coefficient (Wildman–Crippen LogP) is 10.1. The Morgan fingerprint density at radius 3 is 2.39 bits per heavy atom. The van der Waals surface area contributed by atoms with Gasteiger partial charge in [-0.15, -0.1) is 0 Å². The van der Waals surface area contributed by atoms with Crippen molar-refractivity contribution in [2.24, 2.45) is 23.7 Å². The number of unbranched alkanes of at least 4 members (excludes halogenated alkanes) is 2. The molecular weight excluding hydrogens is 478 g/mol. The van der Waals surface area contributed by atoms with Crippen LogP contribution < -0.4 is 4.74 Å². The van der Waals surface area contributed by atoms with Crippen molar-refractivity contribution in [2.45, 2.75) is 116 Å². The topological polar surface area (TPSA) is 18.5 Å². The van der Waals surface area contributed by atoms with Gasteiger partial charge in [0.05, 0.1) is 19.3 Å². The molecule has 3 atom stereocenters. The number of halogens is 2. The lowest BCUT2D eigenvalue weighted by Crippen LogP contribution is -2.32. The molecule has 0 N–H and O–H groups in total. The van der Waals surface area contributed by atoms with Gasteiger partial charge in [0.25, 0.3) is 0 Å². The number of hydrogen-bond donors (Lipinski definition) is 0. The standard InChI is InChI=1S/C34H50F2O2/c1-3-5-6-7-8-9-25-10-15-27(16-11-25)29-19-21-30(38-24-29)20-14-26-12-17-28(18-13-26)31-22-23-32(37-4-2)34(36)33(31)35/h3,5,17,22-23,25-27,29-30H,4,6-16,18-21,24H2,1-2H3/b5-3+. The highest BCUT2D eigenvalue weighted by Crippen LogP contribution is 2.40. The van der Waals surface area contributed by atoms with Gasteiger partial charge in [0.1, 0.15) is 0 Å². The highest BCUT2D eigenvalue weighted by atomic mass is 19.2. The van der Waals surface area contributed by atoms with Gasteiger partial charge in [-0.3, -0.25) is 0 Å². The number of rotatable bonds is 12. The minimum Gasteiger partial charge on any atom is -0.491 e. The second-order valence-corrected chi connectivity index (χ2v) is 12.0. The molecule has 212 valence electrons. The summed E-state index contributed by atoms with van der Waals surface area (Å²) >= 11 is 0. The molecule has 1 heterocycles. The molecule has 0 radical (unpaired) electrons. The minimum atomic E-state index is -0.871. The molecule has 1 aromatic rings. The van der Waals surface area contributed by atoms with Crippen LogP contribution in [0.5, 0.6) is 5.75 Å². The van der Waals surface area contributed by atoms with E-state index in [2.05, 4.69) is 25.2 Å². The van der Waals surface area contributed by atoms with Gasteiger partial charge in [0.15, 0.2) is 11.6 Å². The van der Waals surface area contributed by atoms with Gasteiger partial charge in [-0.2, -0.15) is 4.39 Å². The first kappa shape index (κ1) is 29.3. The Kier molecular flexibility index (Phi) is 11.7. The van der Waals surface area contributed by atoms with E-state index in [1.807, 2.05) is 0 Å². The number of benzene rings is 1. The Hall–Kier alpha value is -1.68. The smallest absolute Gasteiger partial charge is 0.201 e. The number of ether oxygens (including phenoxy) is 2. The summed E-state index contributed by atoms with van der Waals surface area (Å²) in [6, 6.07) is 3.22. The van der Waals surface area contributed by atoms with E-state index in [1.54, 1.807) is 19.1 Å². The summed E-state index contributed by atoms with van der Waals surface area (Å²) in [5.41, 5.74) is 1.32. The molecule has 0 aromatic heterocycles. The van der Waals surface area contributed by atoms with Crippen LogP contribution in [0.15, 0.2) is 30.4 Å². The zero-order chi connectivity index (χ0) is 26.7. The number of hydrogen-bond acceptors (Lipinski definition) is 2. The molecule has 1 aliphatic heterocycles. The molecule has 3 aliphatic rings. The molecule has 2 aliphatic carbocycles. The fourth-order valence-electron chi connectivity index (χ4n) is 7.10. The highest BCUT2D eigenvalue weighted by Gasteiger charge is 2.31.